The number of phenols is 1. The third kappa shape index (κ3) is 2.66. The molecule has 0 fully saturated rings. The second-order valence-electron chi connectivity index (χ2n) is 3.54. The molecule has 0 saturated carbocycles. The molecule has 2 aromatic carbocycles. The Morgan fingerprint density at radius 3 is 1.33 bits per heavy atom. The predicted molar refractivity (Wildman–Crippen MR) is 78.6 cm³/mol. The highest BCUT2D eigenvalue weighted by Gasteiger charge is 2.11. The molecule has 6 heteroatoms. The maximum Gasteiger partial charge on any atom is 0.152 e. The van der Waals surface area contributed by atoms with Crippen LogP contribution in [0.4, 0.5) is 0 Å². The molecule has 18 heavy (non-hydrogen) atoms. The van der Waals surface area contributed by atoms with Crippen LogP contribution >= 0.6 is 58.0 Å². The van der Waals surface area contributed by atoms with Gasteiger partial charge in [-0.3, -0.25) is 0 Å². The van der Waals surface area contributed by atoms with E-state index in [0.717, 1.165) is 0 Å². The highest BCUT2D eigenvalue weighted by Crippen LogP contribution is 2.39. The minimum atomic E-state index is -0.159. The molecule has 1 nitrogen and oxygen atoms in total. The van der Waals surface area contributed by atoms with Crippen molar-refractivity contribution in [3.63, 3.8) is 0 Å². The van der Waals surface area contributed by atoms with E-state index in [1.54, 1.807) is 24.3 Å². The molecule has 0 aromatic heterocycles. The summed E-state index contributed by atoms with van der Waals surface area (Å²) in [7, 11) is 0. The van der Waals surface area contributed by atoms with Gasteiger partial charge in [0.15, 0.2) is 5.75 Å². The molecule has 0 heterocycles. The van der Waals surface area contributed by atoms with Gasteiger partial charge in [-0.1, -0.05) is 58.0 Å². The number of aromatic hydroxyl groups is 1. The van der Waals surface area contributed by atoms with Gasteiger partial charge in [-0.25, -0.2) is 0 Å². The fourth-order valence-corrected chi connectivity index (χ4v) is 2.54. The van der Waals surface area contributed by atoms with Crippen molar-refractivity contribution in [2.75, 3.05) is 0 Å². The highest BCUT2D eigenvalue weighted by molar-refractivity contribution is 6.48. The van der Waals surface area contributed by atoms with Crippen LogP contribution in [-0.4, -0.2) is 5.11 Å². The van der Waals surface area contributed by atoms with E-state index >= 15 is 0 Å². The van der Waals surface area contributed by atoms with Crippen LogP contribution in [0.2, 0.25) is 25.1 Å². The Balaban J connectivity index is 2.63. The standard InChI is InChI=1S/C12H5Cl5O/c13-7-1-5(2-8(14)11(7)17)6-3-9(15)12(18)10(16)4-6/h1-4,18H. The summed E-state index contributed by atoms with van der Waals surface area (Å²) in [6.07, 6.45) is 0. The summed E-state index contributed by atoms with van der Waals surface area (Å²) in [6, 6.07) is 6.43. The molecular weight excluding hydrogens is 337 g/mol. The second kappa shape index (κ2) is 5.36. The van der Waals surface area contributed by atoms with Crippen molar-refractivity contribution < 1.29 is 5.11 Å². The minimum absolute atomic E-state index is 0.152. The molecule has 2 rings (SSSR count). The van der Waals surface area contributed by atoms with Gasteiger partial charge in [-0.15, -0.1) is 0 Å². The van der Waals surface area contributed by atoms with E-state index in [-0.39, 0.29) is 20.8 Å². The molecular formula is C12H5Cl5O. The largest absolute Gasteiger partial charge is 0.505 e. The molecule has 0 aliphatic carbocycles. The van der Waals surface area contributed by atoms with Gasteiger partial charge in [0.1, 0.15) is 0 Å². The zero-order valence-corrected chi connectivity index (χ0v) is 12.4. The van der Waals surface area contributed by atoms with Crippen molar-refractivity contribution in [1.29, 1.82) is 0 Å². The van der Waals surface area contributed by atoms with Crippen LogP contribution in [0.1, 0.15) is 0 Å². The average Bonchev–Trinajstić information content (AvgIpc) is 2.31. The van der Waals surface area contributed by atoms with Gasteiger partial charge >= 0.3 is 0 Å². The third-order valence-corrected chi connectivity index (χ3v) is 4.11. The molecule has 0 saturated heterocycles. The van der Waals surface area contributed by atoms with Gasteiger partial charge in [-0.05, 0) is 35.4 Å². The molecule has 2 aromatic rings. The maximum absolute atomic E-state index is 9.49. The van der Waals surface area contributed by atoms with Gasteiger partial charge in [0.25, 0.3) is 0 Å². The Hall–Kier alpha value is -0.310. The Morgan fingerprint density at radius 1 is 0.611 bits per heavy atom. The van der Waals surface area contributed by atoms with Crippen molar-refractivity contribution in [2.24, 2.45) is 0 Å². The number of benzene rings is 2. The van der Waals surface area contributed by atoms with Gasteiger partial charge in [0, 0.05) is 0 Å². The van der Waals surface area contributed by atoms with E-state index in [4.69, 9.17) is 58.0 Å². The van der Waals surface area contributed by atoms with E-state index in [9.17, 15) is 5.11 Å². The third-order valence-electron chi connectivity index (χ3n) is 2.33. The fraction of sp³-hybridized carbons (Fsp3) is 0. The normalized spacial score (nSPS) is 10.7. The van der Waals surface area contributed by atoms with Gasteiger partial charge < -0.3 is 5.11 Å². The van der Waals surface area contributed by atoms with E-state index < -0.39 is 0 Å². The summed E-state index contributed by atoms with van der Waals surface area (Å²) >= 11 is 29.5. The molecule has 0 aliphatic rings. The first kappa shape index (κ1) is 14.1. The smallest absolute Gasteiger partial charge is 0.152 e. The van der Waals surface area contributed by atoms with Crippen LogP contribution in [-0.2, 0) is 0 Å². The van der Waals surface area contributed by atoms with Gasteiger partial charge in [0.2, 0.25) is 0 Å². The lowest BCUT2D eigenvalue weighted by molar-refractivity contribution is 0.476. The summed E-state index contributed by atoms with van der Waals surface area (Å²) in [5.74, 6) is -0.159. The molecule has 0 aliphatic heterocycles. The van der Waals surface area contributed by atoms with E-state index in [2.05, 4.69) is 0 Å². The molecule has 0 radical (unpaired) electrons. The molecule has 0 amide bonds. The van der Waals surface area contributed by atoms with Crippen molar-refractivity contribution in [2.45, 2.75) is 0 Å². The zero-order valence-electron chi connectivity index (χ0n) is 8.65. The number of hydrogen-bond acceptors (Lipinski definition) is 1. The summed E-state index contributed by atoms with van der Waals surface area (Å²) in [4.78, 5) is 0. The lowest BCUT2D eigenvalue weighted by Crippen LogP contribution is -1.82. The first-order chi connectivity index (χ1) is 8.40. The van der Waals surface area contributed by atoms with Gasteiger partial charge in [0.05, 0.1) is 25.1 Å². The maximum atomic E-state index is 9.49. The Labute approximate surface area is 129 Å². The van der Waals surface area contributed by atoms with Crippen LogP contribution in [0.5, 0.6) is 5.75 Å². The summed E-state index contributed by atoms with van der Waals surface area (Å²) < 4.78 is 0. The van der Waals surface area contributed by atoms with Crippen LogP contribution in [0.15, 0.2) is 24.3 Å². The predicted octanol–water partition coefficient (Wildman–Crippen LogP) is 6.33. The number of hydrogen-bond donors (Lipinski definition) is 1. The van der Waals surface area contributed by atoms with Crippen LogP contribution < -0.4 is 0 Å². The van der Waals surface area contributed by atoms with Crippen molar-refractivity contribution in [3.05, 3.63) is 49.4 Å². The first-order valence-corrected chi connectivity index (χ1v) is 6.62. The summed E-state index contributed by atoms with van der Waals surface area (Å²) in [5.41, 5.74) is 1.39. The van der Waals surface area contributed by atoms with Crippen LogP contribution in [0.3, 0.4) is 0 Å². The summed E-state index contributed by atoms with van der Waals surface area (Å²) in [5, 5.41) is 10.8. The van der Waals surface area contributed by atoms with Gasteiger partial charge in [-0.2, -0.15) is 0 Å². The molecule has 1 N–H and O–H groups in total. The SMILES string of the molecule is Oc1c(Cl)cc(-c2cc(Cl)c(Cl)c(Cl)c2)cc1Cl. The van der Waals surface area contributed by atoms with Crippen molar-refractivity contribution in [1.82, 2.24) is 0 Å². The van der Waals surface area contributed by atoms with Crippen LogP contribution in [0.25, 0.3) is 11.1 Å². The Kier molecular flexibility index (Phi) is 4.20. The topological polar surface area (TPSA) is 20.2 Å². The van der Waals surface area contributed by atoms with Crippen molar-refractivity contribution >= 4 is 58.0 Å². The highest BCUT2D eigenvalue weighted by atomic mass is 35.5. The first-order valence-electron chi connectivity index (χ1n) is 4.73. The second-order valence-corrected chi connectivity index (χ2v) is 5.55. The molecule has 0 unspecified atom stereocenters. The summed E-state index contributed by atoms with van der Waals surface area (Å²) in [6.45, 7) is 0. The lowest BCUT2D eigenvalue weighted by atomic mass is 10.1. The van der Waals surface area contributed by atoms with E-state index in [0.29, 0.717) is 21.2 Å². The average molecular weight is 342 g/mol. The molecule has 0 bridgehead atoms. The van der Waals surface area contributed by atoms with E-state index in [1.165, 1.54) is 0 Å². The molecule has 94 valence electrons. The fourth-order valence-electron chi connectivity index (χ4n) is 1.45. The molecule has 0 spiro atoms. The molecule has 0 atom stereocenters. The Bertz CT molecular complexity index is 522. The lowest BCUT2D eigenvalue weighted by Gasteiger charge is -2.08. The number of halogens is 5. The van der Waals surface area contributed by atoms with Crippen LogP contribution in [0, 0.1) is 0 Å². The van der Waals surface area contributed by atoms with Crippen molar-refractivity contribution in [3.8, 4) is 16.9 Å². The Morgan fingerprint density at radius 2 is 0.944 bits per heavy atom. The van der Waals surface area contributed by atoms with E-state index in [1.807, 2.05) is 0 Å². The quantitative estimate of drug-likeness (QED) is 0.601. The zero-order chi connectivity index (χ0) is 13.4. The minimum Gasteiger partial charge on any atom is -0.505 e. The monoisotopic (exact) mass is 340 g/mol. The number of phenolic OH excluding ortho intramolecular Hbond substituents is 1. The number of rotatable bonds is 1.